The largest absolute Gasteiger partial charge is 0.393 e. The summed E-state index contributed by atoms with van der Waals surface area (Å²) in [6.45, 7) is 3.77. The fourth-order valence-electron chi connectivity index (χ4n) is 2.30. The molecule has 3 N–H and O–H groups in total. The third-order valence-electron chi connectivity index (χ3n) is 3.38. The van der Waals surface area contributed by atoms with E-state index in [1.807, 2.05) is 13.0 Å². The van der Waals surface area contributed by atoms with Crippen molar-refractivity contribution in [3.8, 4) is 0 Å². The number of nitrogens with zero attached hydrogens (tertiary/aromatic N) is 2. The second-order valence-corrected chi connectivity index (χ2v) is 4.85. The van der Waals surface area contributed by atoms with Crippen LogP contribution in [0.4, 0.5) is 11.8 Å². The van der Waals surface area contributed by atoms with E-state index in [2.05, 4.69) is 20.6 Å². The summed E-state index contributed by atoms with van der Waals surface area (Å²) in [5.41, 5.74) is 0. The Bertz CT molecular complexity index is 364. The number of aromatic nitrogens is 2. The predicted molar refractivity (Wildman–Crippen MR) is 72.7 cm³/mol. The van der Waals surface area contributed by atoms with Crippen molar-refractivity contribution in [3.63, 3.8) is 0 Å². The maximum absolute atomic E-state index is 9.46. The number of aliphatic hydroxyl groups is 1. The average molecular weight is 250 g/mol. The van der Waals surface area contributed by atoms with Gasteiger partial charge in [-0.1, -0.05) is 0 Å². The first-order valence-corrected chi connectivity index (χ1v) is 6.76. The molecule has 2 rings (SSSR count). The molecule has 5 nitrogen and oxygen atoms in total. The monoisotopic (exact) mass is 250 g/mol. The molecule has 0 bridgehead atoms. The molecular weight excluding hydrogens is 228 g/mol. The Morgan fingerprint density at radius 2 is 2.06 bits per heavy atom. The summed E-state index contributed by atoms with van der Waals surface area (Å²) in [4.78, 5) is 8.52. The number of hydrogen-bond acceptors (Lipinski definition) is 5. The van der Waals surface area contributed by atoms with Gasteiger partial charge < -0.3 is 15.7 Å². The van der Waals surface area contributed by atoms with Crippen molar-refractivity contribution in [1.82, 2.24) is 9.97 Å². The first-order valence-electron chi connectivity index (χ1n) is 6.76. The third-order valence-corrected chi connectivity index (χ3v) is 3.38. The summed E-state index contributed by atoms with van der Waals surface area (Å²) in [6.07, 6.45) is 5.73. The van der Waals surface area contributed by atoms with Crippen LogP contribution in [-0.2, 0) is 0 Å². The standard InChI is InChI=1S/C13H22N4O/c1-2-14-13-15-8-7-12(17-13)16-9-10-3-5-11(18)6-4-10/h7-8,10-11,18H,2-6,9H2,1H3,(H2,14,15,16,17). The van der Waals surface area contributed by atoms with Gasteiger partial charge in [0.1, 0.15) is 5.82 Å². The molecule has 18 heavy (non-hydrogen) atoms. The molecule has 1 fully saturated rings. The van der Waals surface area contributed by atoms with Crippen LogP contribution in [0.5, 0.6) is 0 Å². The molecule has 0 amide bonds. The predicted octanol–water partition coefficient (Wildman–Crippen LogP) is 1.87. The highest BCUT2D eigenvalue weighted by Crippen LogP contribution is 2.24. The normalized spacial score (nSPS) is 23.7. The maximum atomic E-state index is 9.46. The van der Waals surface area contributed by atoms with Gasteiger partial charge in [0.25, 0.3) is 0 Å². The van der Waals surface area contributed by atoms with Gasteiger partial charge in [0.15, 0.2) is 0 Å². The summed E-state index contributed by atoms with van der Waals surface area (Å²) < 4.78 is 0. The molecule has 1 aromatic rings. The molecular formula is C13H22N4O. The number of nitrogens with one attached hydrogen (secondary N) is 2. The summed E-state index contributed by atoms with van der Waals surface area (Å²) >= 11 is 0. The first-order chi connectivity index (χ1) is 8.78. The lowest BCUT2D eigenvalue weighted by Crippen LogP contribution is -2.23. The molecule has 0 radical (unpaired) electrons. The molecule has 1 aromatic heterocycles. The fourth-order valence-corrected chi connectivity index (χ4v) is 2.30. The second-order valence-electron chi connectivity index (χ2n) is 4.85. The molecule has 0 atom stereocenters. The fraction of sp³-hybridized carbons (Fsp3) is 0.692. The average Bonchev–Trinajstić information content (AvgIpc) is 2.39. The van der Waals surface area contributed by atoms with Gasteiger partial charge in [-0.15, -0.1) is 0 Å². The molecule has 0 aromatic carbocycles. The minimum Gasteiger partial charge on any atom is -0.393 e. The van der Waals surface area contributed by atoms with E-state index in [1.165, 1.54) is 0 Å². The molecule has 0 unspecified atom stereocenters. The Morgan fingerprint density at radius 3 is 2.78 bits per heavy atom. The molecule has 5 heteroatoms. The van der Waals surface area contributed by atoms with E-state index in [0.29, 0.717) is 11.9 Å². The zero-order valence-electron chi connectivity index (χ0n) is 10.9. The van der Waals surface area contributed by atoms with Crippen LogP contribution < -0.4 is 10.6 Å². The van der Waals surface area contributed by atoms with Crippen molar-refractivity contribution in [1.29, 1.82) is 0 Å². The van der Waals surface area contributed by atoms with Crippen molar-refractivity contribution in [2.45, 2.75) is 38.7 Å². The summed E-state index contributed by atoms with van der Waals surface area (Å²) in [5.74, 6) is 2.18. The summed E-state index contributed by atoms with van der Waals surface area (Å²) in [6, 6.07) is 1.89. The van der Waals surface area contributed by atoms with Gasteiger partial charge in [0.2, 0.25) is 5.95 Å². The molecule has 1 aliphatic carbocycles. The van der Waals surface area contributed by atoms with Crippen LogP contribution in [0.15, 0.2) is 12.3 Å². The summed E-state index contributed by atoms with van der Waals surface area (Å²) in [7, 11) is 0. The number of anilines is 2. The zero-order chi connectivity index (χ0) is 12.8. The van der Waals surface area contributed by atoms with Crippen molar-refractivity contribution < 1.29 is 5.11 Å². The quantitative estimate of drug-likeness (QED) is 0.744. The van der Waals surface area contributed by atoms with E-state index in [1.54, 1.807) is 6.20 Å². The Labute approximate surface area is 108 Å². The molecule has 100 valence electrons. The van der Waals surface area contributed by atoms with Crippen molar-refractivity contribution in [2.24, 2.45) is 5.92 Å². The zero-order valence-corrected chi connectivity index (χ0v) is 10.9. The lowest BCUT2D eigenvalue weighted by molar-refractivity contribution is 0.111. The van der Waals surface area contributed by atoms with Gasteiger partial charge in [-0.25, -0.2) is 4.98 Å². The lowest BCUT2D eigenvalue weighted by Gasteiger charge is -2.25. The van der Waals surface area contributed by atoms with Crippen LogP contribution >= 0.6 is 0 Å². The van der Waals surface area contributed by atoms with E-state index in [-0.39, 0.29) is 6.10 Å². The SMILES string of the molecule is CCNc1nccc(NCC2CCC(O)CC2)n1. The van der Waals surface area contributed by atoms with Crippen LogP contribution in [0, 0.1) is 5.92 Å². The topological polar surface area (TPSA) is 70.1 Å². The van der Waals surface area contributed by atoms with Crippen LogP contribution in [0.1, 0.15) is 32.6 Å². The van der Waals surface area contributed by atoms with Crippen molar-refractivity contribution >= 4 is 11.8 Å². The van der Waals surface area contributed by atoms with E-state index >= 15 is 0 Å². The number of aliphatic hydroxyl groups excluding tert-OH is 1. The minimum absolute atomic E-state index is 0.0827. The molecule has 0 spiro atoms. The van der Waals surface area contributed by atoms with Crippen molar-refractivity contribution in [3.05, 3.63) is 12.3 Å². The Balaban J connectivity index is 1.80. The van der Waals surface area contributed by atoms with Gasteiger partial charge >= 0.3 is 0 Å². The lowest BCUT2D eigenvalue weighted by atomic mass is 9.87. The molecule has 1 aliphatic rings. The van der Waals surface area contributed by atoms with E-state index in [4.69, 9.17) is 0 Å². The first kappa shape index (κ1) is 13.1. The van der Waals surface area contributed by atoms with Crippen LogP contribution in [0.25, 0.3) is 0 Å². The molecule has 1 heterocycles. The van der Waals surface area contributed by atoms with Gasteiger partial charge in [0, 0.05) is 19.3 Å². The number of hydrogen-bond donors (Lipinski definition) is 3. The van der Waals surface area contributed by atoms with Gasteiger partial charge in [-0.2, -0.15) is 4.98 Å². The van der Waals surface area contributed by atoms with Crippen molar-refractivity contribution in [2.75, 3.05) is 23.7 Å². The van der Waals surface area contributed by atoms with Gasteiger partial charge in [0.05, 0.1) is 6.10 Å². The van der Waals surface area contributed by atoms with Crippen LogP contribution in [-0.4, -0.2) is 34.3 Å². The highest BCUT2D eigenvalue weighted by atomic mass is 16.3. The Hall–Kier alpha value is -1.36. The summed E-state index contributed by atoms with van der Waals surface area (Å²) in [5, 5.41) is 15.9. The molecule has 0 aliphatic heterocycles. The Morgan fingerprint density at radius 1 is 1.28 bits per heavy atom. The minimum atomic E-state index is -0.0827. The highest BCUT2D eigenvalue weighted by molar-refractivity contribution is 5.39. The smallest absolute Gasteiger partial charge is 0.224 e. The van der Waals surface area contributed by atoms with Gasteiger partial charge in [-0.3, -0.25) is 0 Å². The molecule has 0 saturated heterocycles. The molecule has 1 saturated carbocycles. The number of rotatable bonds is 5. The maximum Gasteiger partial charge on any atom is 0.224 e. The second kappa shape index (κ2) is 6.54. The van der Waals surface area contributed by atoms with Gasteiger partial charge in [-0.05, 0) is 44.6 Å². The van der Waals surface area contributed by atoms with E-state index in [0.717, 1.165) is 44.6 Å². The van der Waals surface area contributed by atoms with E-state index < -0.39 is 0 Å². The van der Waals surface area contributed by atoms with Crippen LogP contribution in [0.2, 0.25) is 0 Å². The van der Waals surface area contributed by atoms with Crippen LogP contribution in [0.3, 0.4) is 0 Å². The van der Waals surface area contributed by atoms with E-state index in [9.17, 15) is 5.11 Å². The third kappa shape index (κ3) is 3.84. The highest BCUT2D eigenvalue weighted by Gasteiger charge is 2.19. The Kier molecular flexibility index (Phi) is 4.75.